The first kappa shape index (κ1) is 6.40. The van der Waals surface area contributed by atoms with Crippen molar-refractivity contribution in [3.63, 3.8) is 0 Å². The monoisotopic (exact) mass is 182 g/mol. The van der Waals surface area contributed by atoms with Gasteiger partial charge in [-0.15, -0.1) is 0 Å². The zero-order chi connectivity index (χ0) is 6.20. The molecule has 0 bridgehead atoms. The molecule has 1 aliphatic rings. The maximum absolute atomic E-state index is 10.6. The quantitative estimate of drug-likeness (QED) is 0.520. The van der Waals surface area contributed by atoms with Crippen LogP contribution in [-0.4, -0.2) is 20.8 Å². The standard InChI is InChI=1S/C5H10O2Se/c1-5(2)3-7-8(6)4-5/h3-4H2,1-2H3. The minimum absolute atomic E-state index is 0.187. The Bertz CT molecular complexity index is 120. The van der Waals surface area contributed by atoms with E-state index in [-0.39, 0.29) is 5.41 Å². The summed E-state index contributed by atoms with van der Waals surface area (Å²) < 4.78 is 15.6. The van der Waals surface area contributed by atoms with Crippen molar-refractivity contribution >= 4 is 14.2 Å². The molecule has 1 unspecified atom stereocenters. The van der Waals surface area contributed by atoms with E-state index in [1.807, 2.05) is 0 Å². The summed E-state index contributed by atoms with van der Waals surface area (Å²) in [5.41, 5.74) is 0.187. The maximum atomic E-state index is 10.6. The first-order valence-corrected chi connectivity index (χ1v) is 5.23. The zero-order valence-corrected chi connectivity index (χ0v) is 6.85. The van der Waals surface area contributed by atoms with Crippen LogP contribution in [0.5, 0.6) is 0 Å². The van der Waals surface area contributed by atoms with Crippen LogP contribution in [0, 0.1) is 5.41 Å². The van der Waals surface area contributed by atoms with E-state index in [4.69, 9.17) is 3.82 Å². The molecule has 0 spiro atoms. The second-order valence-electron chi connectivity index (χ2n) is 2.87. The first-order valence-electron chi connectivity index (χ1n) is 2.62. The van der Waals surface area contributed by atoms with E-state index in [1.165, 1.54) is 0 Å². The molecule has 0 radical (unpaired) electrons. The van der Waals surface area contributed by atoms with Gasteiger partial charge in [-0.25, -0.2) is 0 Å². The van der Waals surface area contributed by atoms with Gasteiger partial charge in [0.15, 0.2) is 0 Å². The number of rotatable bonds is 0. The van der Waals surface area contributed by atoms with Crippen LogP contribution in [-0.2, 0) is 7.65 Å². The Kier molecular flexibility index (Phi) is 1.52. The third kappa shape index (κ3) is 1.38. The summed E-state index contributed by atoms with van der Waals surface area (Å²) in [7, 11) is 0. The summed E-state index contributed by atoms with van der Waals surface area (Å²) in [6.07, 6.45) is 0. The van der Waals surface area contributed by atoms with Gasteiger partial charge in [-0.3, -0.25) is 0 Å². The summed E-state index contributed by atoms with van der Waals surface area (Å²) in [5.74, 6) is 0. The molecular weight excluding hydrogens is 171 g/mol. The van der Waals surface area contributed by atoms with Gasteiger partial charge in [0.25, 0.3) is 0 Å². The van der Waals surface area contributed by atoms with Gasteiger partial charge in [0, 0.05) is 0 Å². The minimum atomic E-state index is -1.81. The molecule has 0 N–H and O–H groups in total. The summed E-state index contributed by atoms with van der Waals surface area (Å²) in [6.45, 7) is 4.84. The second kappa shape index (κ2) is 1.90. The molecule has 1 aliphatic heterocycles. The molecule has 0 aromatic carbocycles. The van der Waals surface area contributed by atoms with Crippen LogP contribution >= 0.6 is 0 Å². The van der Waals surface area contributed by atoms with Gasteiger partial charge in [-0.05, 0) is 0 Å². The van der Waals surface area contributed by atoms with E-state index in [0.717, 1.165) is 5.32 Å². The van der Waals surface area contributed by atoms with Crippen LogP contribution in [0.15, 0.2) is 0 Å². The Labute approximate surface area is 53.6 Å². The topological polar surface area (TPSA) is 26.3 Å². The Morgan fingerprint density at radius 1 is 1.62 bits per heavy atom. The molecule has 0 aromatic heterocycles. The van der Waals surface area contributed by atoms with Crippen LogP contribution in [0.4, 0.5) is 0 Å². The van der Waals surface area contributed by atoms with Crippen LogP contribution < -0.4 is 0 Å². The van der Waals surface area contributed by atoms with Crippen molar-refractivity contribution in [3.8, 4) is 0 Å². The molecule has 1 saturated heterocycles. The van der Waals surface area contributed by atoms with Crippen molar-refractivity contribution in [2.45, 2.75) is 19.2 Å². The summed E-state index contributed by atoms with van der Waals surface area (Å²) >= 11 is -1.81. The Morgan fingerprint density at radius 3 is 2.38 bits per heavy atom. The summed E-state index contributed by atoms with van der Waals surface area (Å²) in [4.78, 5) is 0. The molecule has 1 atom stereocenters. The van der Waals surface area contributed by atoms with Gasteiger partial charge in [0.2, 0.25) is 0 Å². The second-order valence-corrected chi connectivity index (χ2v) is 5.25. The molecule has 1 heterocycles. The van der Waals surface area contributed by atoms with Crippen LogP contribution in [0.3, 0.4) is 0 Å². The third-order valence-electron chi connectivity index (χ3n) is 1.09. The van der Waals surface area contributed by atoms with Crippen molar-refractivity contribution < 1.29 is 7.65 Å². The molecule has 0 aromatic rings. The van der Waals surface area contributed by atoms with Gasteiger partial charge in [-0.1, -0.05) is 0 Å². The SMILES string of the molecule is CC1(C)CO[Se](=O)C1. The predicted octanol–water partition coefficient (Wildman–Crippen LogP) is 0.962. The van der Waals surface area contributed by atoms with Crippen LogP contribution in [0.25, 0.3) is 0 Å². The number of hydrogen-bond acceptors (Lipinski definition) is 2. The molecular formula is C5H10O2Se. The van der Waals surface area contributed by atoms with E-state index in [1.54, 1.807) is 0 Å². The molecule has 48 valence electrons. The molecule has 1 fully saturated rings. The summed E-state index contributed by atoms with van der Waals surface area (Å²) in [6, 6.07) is 0. The Hall–Kier alpha value is 0.279. The Balaban J connectivity index is 2.56. The van der Waals surface area contributed by atoms with E-state index >= 15 is 0 Å². The number of hydrogen-bond donors (Lipinski definition) is 0. The van der Waals surface area contributed by atoms with Gasteiger partial charge < -0.3 is 0 Å². The van der Waals surface area contributed by atoms with Gasteiger partial charge in [0.1, 0.15) is 0 Å². The van der Waals surface area contributed by atoms with E-state index in [2.05, 4.69) is 13.8 Å². The first-order chi connectivity index (χ1) is 3.60. The van der Waals surface area contributed by atoms with Gasteiger partial charge in [-0.2, -0.15) is 0 Å². The van der Waals surface area contributed by atoms with Gasteiger partial charge in [0.05, 0.1) is 0 Å². The molecule has 0 aliphatic carbocycles. The van der Waals surface area contributed by atoms with E-state index in [9.17, 15) is 3.83 Å². The Morgan fingerprint density at radius 2 is 2.25 bits per heavy atom. The fourth-order valence-corrected chi connectivity index (χ4v) is 3.26. The molecule has 0 saturated carbocycles. The van der Waals surface area contributed by atoms with Crippen LogP contribution in [0.1, 0.15) is 13.8 Å². The van der Waals surface area contributed by atoms with Crippen molar-refractivity contribution in [3.05, 3.63) is 0 Å². The van der Waals surface area contributed by atoms with Crippen molar-refractivity contribution in [1.82, 2.24) is 0 Å². The third-order valence-corrected chi connectivity index (χ3v) is 4.02. The van der Waals surface area contributed by atoms with Crippen molar-refractivity contribution in [1.29, 1.82) is 0 Å². The molecule has 2 nitrogen and oxygen atoms in total. The normalized spacial score (nSPS) is 35.5. The molecule has 8 heavy (non-hydrogen) atoms. The average Bonchev–Trinajstić information content (AvgIpc) is 1.82. The van der Waals surface area contributed by atoms with Crippen molar-refractivity contribution in [2.24, 2.45) is 5.41 Å². The predicted molar refractivity (Wildman–Crippen MR) is 31.0 cm³/mol. The molecule has 1 rings (SSSR count). The van der Waals surface area contributed by atoms with Gasteiger partial charge >= 0.3 is 53.0 Å². The van der Waals surface area contributed by atoms with E-state index < -0.39 is 14.2 Å². The molecule has 3 heteroatoms. The average molecular weight is 181 g/mol. The van der Waals surface area contributed by atoms with E-state index in [0.29, 0.717) is 6.61 Å². The fraction of sp³-hybridized carbons (Fsp3) is 1.00. The summed E-state index contributed by atoms with van der Waals surface area (Å²) in [5, 5.41) is 0.785. The van der Waals surface area contributed by atoms with Crippen LogP contribution in [0.2, 0.25) is 5.32 Å². The fourth-order valence-electron chi connectivity index (χ4n) is 0.628. The molecule has 0 amide bonds. The van der Waals surface area contributed by atoms with Crippen molar-refractivity contribution in [2.75, 3.05) is 6.61 Å². The zero-order valence-electron chi connectivity index (χ0n) is 5.14.